The maximum atomic E-state index is 13.2. The highest BCUT2D eigenvalue weighted by Crippen LogP contribution is 2.24. The molecule has 1 rings (SSSR count). The third kappa shape index (κ3) is 3.89. The number of nitrogens with two attached hydrogens (primary N) is 1. The summed E-state index contributed by atoms with van der Waals surface area (Å²) >= 11 is 3.27. The second-order valence-corrected chi connectivity index (χ2v) is 4.97. The van der Waals surface area contributed by atoms with Crippen LogP contribution in [0.1, 0.15) is 31.9 Å². The van der Waals surface area contributed by atoms with Gasteiger partial charge >= 0.3 is 0 Å². The number of hydrogen-bond acceptors (Lipinski definition) is 2. The van der Waals surface area contributed by atoms with Gasteiger partial charge in [0.15, 0.2) is 0 Å². The van der Waals surface area contributed by atoms with Gasteiger partial charge in [-0.3, -0.25) is 11.3 Å². The Kier molecular flexibility index (Phi) is 4.70. The highest BCUT2D eigenvalue weighted by molar-refractivity contribution is 9.10. The van der Waals surface area contributed by atoms with Crippen molar-refractivity contribution in [2.75, 3.05) is 0 Å². The topological polar surface area (TPSA) is 38.0 Å². The van der Waals surface area contributed by atoms with Crippen LogP contribution in [0.5, 0.6) is 0 Å². The molecule has 4 heteroatoms. The van der Waals surface area contributed by atoms with E-state index in [9.17, 15) is 4.39 Å². The van der Waals surface area contributed by atoms with Gasteiger partial charge in [-0.15, -0.1) is 0 Å². The number of hydrazine groups is 1. The molecule has 1 aromatic carbocycles. The SMILES string of the molecule is CC(C)CC(NN)c1cc(F)cc(Br)c1. The van der Waals surface area contributed by atoms with Crippen molar-refractivity contribution in [3.05, 3.63) is 34.1 Å². The average molecular weight is 275 g/mol. The zero-order valence-corrected chi connectivity index (χ0v) is 10.5. The molecule has 0 aliphatic carbocycles. The van der Waals surface area contributed by atoms with Gasteiger partial charge in [0.1, 0.15) is 5.82 Å². The first-order valence-corrected chi connectivity index (χ1v) is 5.74. The number of rotatable bonds is 4. The molecule has 0 saturated carbocycles. The summed E-state index contributed by atoms with van der Waals surface area (Å²) in [5.41, 5.74) is 3.59. The molecule has 0 spiro atoms. The van der Waals surface area contributed by atoms with Crippen molar-refractivity contribution in [1.29, 1.82) is 0 Å². The Labute approximate surface area is 98.1 Å². The Morgan fingerprint density at radius 3 is 2.53 bits per heavy atom. The molecular formula is C11H16BrFN2. The summed E-state index contributed by atoms with van der Waals surface area (Å²) in [7, 11) is 0. The monoisotopic (exact) mass is 274 g/mol. The second kappa shape index (κ2) is 5.58. The van der Waals surface area contributed by atoms with Crippen LogP contribution in [-0.4, -0.2) is 0 Å². The summed E-state index contributed by atoms with van der Waals surface area (Å²) in [5.74, 6) is 5.73. The van der Waals surface area contributed by atoms with Gasteiger partial charge in [-0.05, 0) is 36.1 Å². The smallest absolute Gasteiger partial charge is 0.124 e. The predicted octanol–water partition coefficient (Wildman–Crippen LogP) is 3.14. The molecule has 0 saturated heterocycles. The molecule has 0 bridgehead atoms. The minimum Gasteiger partial charge on any atom is -0.271 e. The van der Waals surface area contributed by atoms with E-state index in [0.717, 1.165) is 16.5 Å². The van der Waals surface area contributed by atoms with Crippen molar-refractivity contribution in [2.45, 2.75) is 26.3 Å². The molecule has 3 N–H and O–H groups in total. The Morgan fingerprint density at radius 1 is 1.40 bits per heavy atom. The largest absolute Gasteiger partial charge is 0.271 e. The van der Waals surface area contributed by atoms with Gasteiger partial charge in [-0.2, -0.15) is 0 Å². The van der Waals surface area contributed by atoms with Crippen molar-refractivity contribution in [3.8, 4) is 0 Å². The number of hydrogen-bond donors (Lipinski definition) is 2. The van der Waals surface area contributed by atoms with Crippen LogP contribution in [0.3, 0.4) is 0 Å². The van der Waals surface area contributed by atoms with Crippen molar-refractivity contribution in [1.82, 2.24) is 5.43 Å². The maximum absolute atomic E-state index is 13.2. The van der Waals surface area contributed by atoms with E-state index in [-0.39, 0.29) is 11.9 Å². The van der Waals surface area contributed by atoms with Gasteiger partial charge in [0.2, 0.25) is 0 Å². The van der Waals surface area contributed by atoms with E-state index in [4.69, 9.17) is 5.84 Å². The third-order valence-electron chi connectivity index (χ3n) is 2.20. The van der Waals surface area contributed by atoms with Gasteiger partial charge in [0.05, 0.1) is 0 Å². The Bertz CT molecular complexity index is 308. The van der Waals surface area contributed by atoms with Gasteiger partial charge < -0.3 is 0 Å². The zero-order chi connectivity index (χ0) is 11.4. The summed E-state index contributed by atoms with van der Waals surface area (Å²) in [6, 6.07) is 4.83. The minimum atomic E-state index is -0.247. The van der Waals surface area contributed by atoms with Crippen molar-refractivity contribution < 1.29 is 4.39 Å². The molecule has 0 heterocycles. The van der Waals surface area contributed by atoms with E-state index in [1.54, 1.807) is 0 Å². The maximum Gasteiger partial charge on any atom is 0.124 e. The highest BCUT2D eigenvalue weighted by Gasteiger charge is 2.13. The summed E-state index contributed by atoms with van der Waals surface area (Å²) in [5, 5.41) is 0. The molecular weight excluding hydrogens is 259 g/mol. The van der Waals surface area contributed by atoms with Crippen LogP contribution in [-0.2, 0) is 0 Å². The van der Waals surface area contributed by atoms with Crippen molar-refractivity contribution in [3.63, 3.8) is 0 Å². The fourth-order valence-corrected chi connectivity index (χ4v) is 2.03. The second-order valence-electron chi connectivity index (χ2n) is 4.05. The normalized spacial score (nSPS) is 13.2. The third-order valence-corrected chi connectivity index (χ3v) is 2.65. The molecule has 0 radical (unpaired) electrons. The zero-order valence-electron chi connectivity index (χ0n) is 8.93. The summed E-state index contributed by atoms with van der Waals surface area (Å²) in [6.45, 7) is 4.22. The van der Waals surface area contributed by atoms with E-state index < -0.39 is 0 Å². The first kappa shape index (κ1) is 12.6. The molecule has 0 aliphatic heterocycles. The number of halogens is 2. The first-order valence-electron chi connectivity index (χ1n) is 4.95. The fourth-order valence-electron chi connectivity index (χ4n) is 1.55. The van der Waals surface area contributed by atoms with E-state index >= 15 is 0 Å². The Hall–Kier alpha value is -0.450. The fraction of sp³-hybridized carbons (Fsp3) is 0.455. The minimum absolute atomic E-state index is 0.00278. The van der Waals surface area contributed by atoms with Crippen LogP contribution in [0.2, 0.25) is 0 Å². The Morgan fingerprint density at radius 2 is 2.07 bits per heavy atom. The van der Waals surface area contributed by atoms with E-state index in [1.165, 1.54) is 12.1 Å². The van der Waals surface area contributed by atoms with Crippen LogP contribution in [0.4, 0.5) is 4.39 Å². The van der Waals surface area contributed by atoms with Crippen molar-refractivity contribution in [2.24, 2.45) is 11.8 Å². The highest BCUT2D eigenvalue weighted by atomic mass is 79.9. The van der Waals surface area contributed by atoms with Gasteiger partial charge in [0.25, 0.3) is 0 Å². The van der Waals surface area contributed by atoms with E-state index in [0.29, 0.717) is 5.92 Å². The van der Waals surface area contributed by atoms with Gasteiger partial charge in [-0.1, -0.05) is 29.8 Å². The lowest BCUT2D eigenvalue weighted by Crippen LogP contribution is -2.29. The average Bonchev–Trinajstić information content (AvgIpc) is 2.12. The summed E-state index contributed by atoms with van der Waals surface area (Å²) in [4.78, 5) is 0. The molecule has 2 nitrogen and oxygen atoms in total. The molecule has 0 fully saturated rings. The van der Waals surface area contributed by atoms with Crippen molar-refractivity contribution >= 4 is 15.9 Å². The standard InChI is InChI=1S/C11H16BrFN2/c1-7(2)3-11(15-14)8-4-9(12)6-10(13)5-8/h4-7,11,15H,3,14H2,1-2H3. The molecule has 84 valence electrons. The van der Waals surface area contributed by atoms with E-state index in [1.807, 2.05) is 6.07 Å². The number of benzene rings is 1. The van der Waals surface area contributed by atoms with Gasteiger partial charge in [-0.25, -0.2) is 4.39 Å². The molecule has 1 aromatic rings. The van der Waals surface area contributed by atoms with Gasteiger partial charge in [0, 0.05) is 10.5 Å². The lowest BCUT2D eigenvalue weighted by molar-refractivity contribution is 0.436. The quantitative estimate of drug-likeness (QED) is 0.654. The predicted molar refractivity (Wildman–Crippen MR) is 63.6 cm³/mol. The first-order chi connectivity index (χ1) is 7.02. The summed E-state index contributed by atoms with van der Waals surface area (Å²) in [6.07, 6.45) is 0.881. The molecule has 0 aliphatic rings. The van der Waals surface area contributed by atoms with Crippen LogP contribution in [0, 0.1) is 11.7 Å². The summed E-state index contributed by atoms with van der Waals surface area (Å²) < 4.78 is 13.9. The molecule has 0 aromatic heterocycles. The molecule has 15 heavy (non-hydrogen) atoms. The van der Waals surface area contributed by atoms with E-state index in [2.05, 4.69) is 35.2 Å². The lowest BCUT2D eigenvalue weighted by atomic mass is 9.97. The molecule has 0 amide bonds. The van der Waals surface area contributed by atoms with Crippen LogP contribution in [0.15, 0.2) is 22.7 Å². The molecule has 1 atom stereocenters. The van der Waals surface area contributed by atoms with Crippen LogP contribution >= 0.6 is 15.9 Å². The molecule has 1 unspecified atom stereocenters. The van der Waals surface area contributed by atoms with Crippen LogP contribution < -0.4 is 11.3 Å². The number of nitrogens with one attached hydrogen (secondary N) is 1. The Balaban J connectivity index is 2.91. The van der Waals surface area contributed by atoms with Crippen LogP contribution in [0.25, 0.3) is 0 Å². The lowest BCUT2D eigenvalue weighted by Gasteiger charge is -2.18.